The summed E-state index contributed by atoms with van der Waals surface area (Å²) in [6, 6.07) is 0.460. The van der Waals surface area contributed by atoms with E-state index in [1.165, 1.54) is 0 Å². The SMILES string of the molecule is NC/C=C/Cn1ccn(C2CC2)c1=O. The summed E-state index contributed by atoms with van der Waals surface area (Å²) < 4.78 is 3.51. The van der Waals surface area contributed by atoms with Crippen LogP contribution in [-0.4, -0.2) is 15.7 Å². The van der Waals surface area contributed by atoms with Crippen LogP contribution in [-0.2, 0) is 6.54 Å². The molecular weight excluding hydrogens is 178 g/mol. The number of aromatic nitrogens is 2. The van der Waals surface area contributed by atoms with Gasteiger partial charge in [-0.25, -0.2) is 4.79 Å². The summed E-state index contributed by atoms with van der Waals surface area (Å²) in [5, 5.41) is 0. The van der Waals surface area contributed by atoms with Crippen molar-refractivity contribution in [1.82, 2.24) is 9.13 Å². The van der Waals surface area contributed by atoms with Gasteiger partial charge in [0.2, 0.25) is 0 Å². The highest BCUT2D eigenvalue weighted by atomic mass is 16.1. The number of allylic oxidation sites excluding steroid dienone is 1. The van der Waals surface area contributed by atoms with Crippen molar-refractivity contribution >= 4 is 0 Å². The van der Waals surface area contributed by atoms with Crippen molar-refractivity contribution in [3.05, 3.63) is 35.0 Å². The summed E-state index contributed by atoms with van der Waals surface area (Å²) in [5.74, 6) is 0. The van der Waals surface area contributed by atoms with Gasteiger partial charge in [-0.05, 0) is 12.8 Å². The third-order valence-electron chi connectivity index (χ3n) is 2.42. The van der Waals surface area contributed by atoms with Crippen molar-refractivity contribution in [3.63, 3.8) is 0 Å². The van der Waals surface area contributed by atoms with Crippen molar-refractivity contribution in [1.29, 1.82) is 0 Å². The zero-order valence-electron chi connectivity index (χ0n) is 8.10. The van der Waals surface area contributed by atoms with Gasteiger partial charge in [-0.3, -0.25) is 9.13 Å². The van der Waals surface area contributed by atoms with Crippen LogP contribution in [0.2, 0.25) is 0 Å². The van der Waals surface area contributed by atoms with Crippen LogP contribution in [0, 0.1) is 0 Å². The highest BCUT2D eigenvalue weighted by Crippen LogP contribution is 2.33. The summed E-state index contributed by atoms with van der Waals surface area (Å²) in [5.41, 5.74) is 5.41. The van der Waals surface area contributed by atoms with Crippen LogP contribution < -0.4 is 11.4 Å². The molecule has 1 aromatic rings. The fourth-order valence-electron chi connectivity index (χ4n) is 1.48. The smallest absolute Gasteiger partial charge is 0.327 e. The molecule has 1 heterocycles. The Labute approximate surface area is 82.6 Å². The van der Waals surface area contributed by atoms with E-state index in [2.05, 4.69) is 0 Å². The quantitative estimate of drug-likeness (QED) is 0.708. The molecule has 76 valence electrons. The van der Waals surface area contributed by atoms with E-state index >= 15 is 0 Å². The predicted octanol–water partition coefficient (Wildman–Crippen LogP) is 0.500. The lowest BCUT2D eigenvalue weighted by Gasteiger charge is -1.96. The van der Waals surface area contributed by atoms with Crippen LogP contribution in [0.1, 0.15) is 18.9 Å². The first-order valence-corrected chi connectivity index (χ1v) is 4.95. The third-order valence-corrected chi connectivity index (χ3v) is 2.42. The fourth-order valence-corrected chi connectivity index (χ4v) is 1.48. The van der Waals surface area contributed by atoms with Crippen molar-refractivity contribution in [2.45, 2.75) is 25.4 Å². The van der Waals surface area contributed by atoms with Gasteiger partial charge in [0.25, 0.3) is 0 Å². The number of hydrogen-bond donors (Lipinski definition) is 1. The first-order chi connectivity index (χ1) is 6.83. The zero-order chi connectivity index (χ0) is 9.97. The Balaban J connectivity index is 2.10. The van der Waals surface area contributed by atoms with Crippen molar-refractivity contribution in [2.24, 2.45) is 5.73 Å². The Kier molecular flexibility index (Phi) is 2.54. The van der Waals surface area contributed by atoms with E-state index in [1.54, 1.807) is 4.57 Å². The van der Waals surface area contributed by atoms with Crippen LogP contribution in [0.15, 0.2) is 29.3 Å². The molecule has 0 amide bonds. The maximum Gasteiger partial charge on any atom is 0.328 e. The Hall–Kier alpha value is -1.29. The molecule has 1 fully saturated rings. The molecule has 0 saturated heterocycles. The number of nitrogens with two attached hydrogens (primary N) is 1. The number of nitrogens with zero attached hydrogens (tertiary/aromatic N) is 2. The van der Waals surface area contributed by atoms with Crippen LogP contribution in [0.3, 0.4) is 0 Å². The molecule has 0 atom stereocenters. The lowest BCUT2D eigenvalue weighted by Crippen LogP contribution is -2.22. The van der Waals surface area contributed by atoms with E-state index in [4.69, 9.17) is 5.73 Å². The number of hydrogen-bond acceptors (Lipinski definition) is 2. The average molecular weight is 193 g/mol. The molecule has 4 nitrogen and oxygen atoms in total. The van der Waals surface area contributed by atoms with Crippen LogP contribution >= 0.6 is 0 Å². The second-order valence-corrected chi connectivity index (χ2v) is 3.58. The summed E-state index contributed by atoms with van der Waals surface area (Å²) in [7, 11) is 0. The number of rotatable bonds is 4. The largest absolute Gasteiger partial charge is 0.328 e. The van der Waals surface area contributed by atoms with Gasteiger partial charge in [-0.1, -0.05) is 12.2 Å². The van der Waals surface area contributed by atoms with E-state index in [0.717, 1.165) is 12.8 Å². The van der Waals surface area contributed by atoms with Gasteiger partial charge in [0.1, 0.15) is 0 Å². The minimum atomic E-state index is 0.0918. The van der Waals surface area contributed by atoms with Crippen LogP contribution in [0.4, 0.5) is 0 Å². The Morgan fingerprint density at radius 2 is 2.21 bits per heavy atom. The molecule has 0 aliphatic heterocycles. The molecule has 0 bridgehead atoms. The van der Waals surface area contributed by atoms with Gasteiger partial charge in [0.05, 0.1) is 0 Å². The molecule has 0 aromatic carbocycles. The van der Waals surface area contributed by atoms with Crippen LogP contribution in [0.25, 0.3) is 0 Å². The van der Waals surface area contributed by atoms with Gasteiger partial charge in [0.15, 0.2) is 0 Å². The minimum Gasteiger partial charge on any atom is -0.327 e. The highest BCUT2D eigenvalue weighted by molar-refractivity contribution is 4.93. The Bertz CT molecular complexity index is 384. The summed E-state index contributed by atoms with van der Waals surface area (Å²) in [6.45, 7) is 1.15. The van der Waals surface area contributed by atoms with E-state index in [0.29, 0.717) is 19.1 Å². The topological polar surface area (TPSA) is 52.9 Å². The standard InChI is InChI=1S/C10H15N3O/c11-5-1-2-6-12-7-8-13(10(12)14)9-3-4-9/h1-2,7-9H,3-6,11H2/b2-1+. The monoisotopic (exact) mass is 193 g/mol. The molecule has 0 spiro atoms. The lowest BCUT2D eigenvalue weighted by atomic mass is 10.5. The van der Waals surface area contributed by atoms with E-state index in [1.807, 2.05) is 29.1 Å². The number of imidazole rings is 1. The molecule has 2 rings (SSSR count). The average Bonchev–Trinajstić information content (AvgIpc) is 2.95. The van der Waals surface area contributed by atoms with E-state index < -0.39 is 0 Å². The zero-order valence-corrected chi connectivity index (χ0v) is 8.10. The normalized spacial score (nSPS) is 16.6. The van der Waals surface area contributed by atoms with Gasteiger partial charge >= 0.3 is 5.69 Å². The lowest BCUT2D eigenvalue weighted by molar-refractivity contribution is 0.661. The predicted molar refractivity (Wildman–Crippen MR) is 55.2 cm³/mol. The van der Waals surface area contributed by atoms with Crippen molar-refractivity contribution in [2.75, 3.05) is 6.54 Å². The molecule has 0 radical (unpaired) electrons. The Morgan fingerprint density at radius 1 is 1.43 bits per heavy atom. The molecule has 0 unspecified atom stereocenters. The van der Waals surface area contributed by atoms with Gasteiger partial charge in [0, 0.05) is 31.5 Å². The van der Waals surface area contributed by atoms with Crippen LogP contribution in [0.5, 0.6) is 0 Å². The molecular formula is C10H15N3O. The van der Waals surface area contributed by atoms with Gasteiger partial charge in [-0.15, -0.1) is 0 Å². The van der Waals surface area contributed by atoms with Crippen molar-refractivity contribution in [3.8, 4) is 0 Å². The summed E-state index contributed by atoms with van der Waals surface area (Å²) in [6.07, 6.45) is 9.77. The molecule has 4 heteroatoms. The van der Waals surface area contributed by atoms with Crippen molar-refractivity contribution < 1.29 is 0 Å². The second-order valence-electron chi connectivity index (χ2n) is 3.58. The molecule has 14 heavy (non-hydrogen) atoms. The van der Waals surface area contributed by atoms with Gasteiger partial charge < -0.3 is 5.73 Å². The molecule has 1 aliphatic rings. The minimum absolute atomic E-state index is 0.0918. The summed E-state index contributed by atoms with van der Waals surface area (Å²) >= 11 is 0. The first-order valence-electron chi connectivity index (χ1n) is 4.95. The molecule has 1 aromatic heterocycles. The van der Waals surface area contributed by atoms with E-state index in [-0.39, 0.29) is 5.69 Å². The van der Waals surface area contributed by atoms with Gasteiger partial charge in [-0.2, -0.15) is 0 Å². The molecule has 1 saturated carbocycles. The maximum atomic E-state index is 11.7. The Morgan fingerprint density at radius 3 is 2.86 bits per heavy atom. The molecule has 2 N–H and O–H groups in total. The third kappa shape index (κ3) is 1.80. The van der Waals surface area contributed by atoms with E-state index in [9.17, 15) is 4.79 Å². The second kappa shape index (κ2) is 3.84. The maximum absolute atomic E-state index is 11.7. The molecule has 1 aliphatic carbocycles. The summed E-state index contributed by atoms with van der Waals surface area (Å²) in [4.78, 5) is 11.7. The fraction of sp³-hybridized carbons (Fsp3) is 0.500. The highest BCUT2D eigenvalue weighted by Gasteiger charge is 2.25. The first kappa shape index (κ1) is 9.27.